The number of anilines is 1. The molecule has 1 saturated carbocycles. The smallest absolute Gasteiger partial charge is 0.246 e. The summed E-state index contributed by atoms with van der Waals surface area (Å²) in [4.78, 5) is 28.0. The predicted octanol–water partition coefficient (Wildman–Crippen LogP) is 6.43. The molecule has 2 bridgehead atoms. The second-order valence-corrected chi connectivity index (χ2v) is 29.2. The van der Waals surface area contributed by atoms with Crippen LogP contribution in [0.4, 0.5) is 5.69 Å². The summed E-state index contributed by atoms with van der Waals surface area (Å²) in [5.74, 6) is 1.26. The van der Waals surface area contributed by atoms with Gasteiger partial charge in [-0.05, 0) is 62.6 Å². The molecule has 0 radical (unpaired) electrons. The van der Waals surface area contributed by atoms with Crippen LogP contribution in [0.15, 0.2) is 12.3 Å². The Labute approximate surface area is 294 Å². The molecule has 0 unspecified atom stereocenters. The van der Waals surface area contributed by atoms with E-state index in [0.29, 0.717) is 50.3 Å². The Morgan fingerprint density at radius 2 is 1.67 bits per heavy atom. The number of morpholine rings is 1. The van der Waals surface area contributed by atoms with Gasteiger partial charge in [0, 0.05) is 60.8 Å². The molecule has 3 aromatic rings. The topological polar surface area (TPSA) is 99.8 Å². The van der Waals surface area contributed by atoms with Gasteiger partial charge in [0.25, 0.3) is 0 Å². The molecule has 1 aliphatic heterocycles. The molecule has 1 amide bonds. The summed E-state index contributed by atoms with van der Waals surface area (Å²) in [5.41, 5.74) is 5.36. The third kappa shape index (κ3) is 7.76. The number of carbonyl (C=O) groups excluding carboxylic acids is 1. The van der Waals surface area contributed by atoms with Gasteiger partial charge in [0.1, 0.15) is 24.7 Å². The van der Waals surface area contributed by atoms with Crippen molar-refractivity contribution in [1.29, 1.82) is 0 Å². The van der Waals surface area contributed by atoms with Gasteiger partial charge >= 0.3 is 0 Å². The van der Waals surface area contributed by atoms with Crippen LogP contribution in [0.2, 0.25) is 51.4 Å². The maximum Gasteiger partial charge on any atom is 0.246 e. The van der Waals surface area contributed by atoms with Gasteiger partial charge in [0.05, 0.1) is 30.6 Å². The lowest BCUT2D eigenvalue weighted by Gasteiger charge is -2.50. The Morgan fingerprint density at radius 3 is 2.31 bits per heavy atom. The first-order valence-corrected chi connectivity index (χ1v) is 25.6. The van der Waals surface area contributed by atoms with Crippen molar-refractivity contribution in [1.82, 2.24) is 29.2 Å². The molecular weight excluding hydrogens is 651 g/mol. The molecule has 270 valence electrons. The van der Waals surface area contributed by atoms with E-state index in [1.54, 1.807) is 11.1 Å². The molecule has 0 atom stereocenters. The van der Waals surface area contributed by atoms with Gasteiger partial charge < -0.3 is 19.1 Å². The molecule has 7 rings (SSSR count). The number of likely N-dealkylation sites (N-methyl/N-ethyl adjacent to an activating group) is 1. The first kappa shape index (κ1) is 36.4. The quantitative estimate of drug-likeness (QED) is 0.140. The maximum atomic E-state index is 13.9. The highest BCUT2D eigenvalue weighted by Gasteiger charge is 2.50. The van der Waals surface area contributed by atoms with Crippen LogP contribution in [0.1, 0.15) is 50.8 Å². The first-order valence-electron chi connectivity index (χ1n) is 18.2. The summed E-state index contributed by atoms with van der Waals surface area (Å²) < 4.78 is 22.4. The number of hydrogen-bond acceptors (Lipinski definition) is 8. The second kappa shape index (κ2) is 13.6. The largest absolute Gasteiger partial charge is 0.379 e. The number of aromatic nitrogens is 5. The molecular formula is C36H59N7O4Si2. The van der Waals surface area contributed by atoms with Crippen LogP contribution in [0.3, 0.4) is 0 Å². The third-order valence-corrected chi connectivity index (χ3v) is 14.2. The molecule has 4 aliphatic rings. The van der Waals surface area contributed by atoms with E-state index in [-0.39, 0.29) is 5.91 Å². The van der Waals surface area contributed by atoms with Crippen LogP contribution in [-0.4, -0.2) is 103 Å². The van der Waals surface area contributed by atoms with Crippen molar-refractivity contribution in [2.24, 2.45) is 5.41 Å². The van der Waals surface area contributed by atoms with Crippen molar-refractivity contribution in [3.8, 4) is 11.5 Å². The Hall–Kier alpha value is -2.43. The lowest BCUT2D eigenvalue weighted by Crippen LogP contribution is -2.58. The Balaban J connectivity index is 1.35. The van der Waals surface area contributed by atoms with Crippen molar-refractivity contribution in [3.05, 3.63) is 23.5 Å². The molecule has 3 aliphatic carbocycles. The van der Waals surface area contributed by atoms with E-state index in [9.17, 15) is 4.79 Å². The summed E-state index contributed by atoms with van der Waals surface area (Å²) in [6, 6.07) is 4.20. The van der Waals surface area contributed by atoms with Crippen molar-refractivity contribution < 1.29 is 19.0 Å². The number of carbonyl (C=O) groups is 1. The SMILES string of the molecule is CN(C(=O)C(C)(C)N1CCOCC1)c1cnc2c(c1)nc(-c1nn(COCC[Si](C)(C)C)c3c1C1CC(C)(C3)C1)n2COCC[Si](C)(C)C. The van der Waals surface area contributed by atoms with E-state index >= 15 is 0 Å². The Kier molecular flexibility index (Phi) is 10.1. The second-order valence-electron chi connectivity index (χ2n) is 17.9. The van der Waals surface area contributed by atoms with Gasteiger partial charge in [-0.2, -0.15) is 5.10 Å². The van der Waals surface area contributed by atoms with Crippen LogP contribution in [-0.2, 0) is 38.9 Å². The maximum absolute atomic E-state index is 13.9. The molecule has 0 N–H and O–H groups in total. The van der Waals surface area contributed by atoms with Crippen LogP contribution < -0.4 is 4.90 Å². The number of hydrogen-bond donors (Lipinski definition) is 0. The minimum atomic E-state index is -1.27. The van der Waals surface area contributed by atoms with Gasteiger partial charge in [-0.15, -0.1) is 0 Å². The van der Waals surface area contributed by atoms with Gasteiger partial charge in [-0.1, -0.05) is 46.2 Å². The normalized spacial score (nSPS) is 21.6. The fourth-order valence-corrected chi connectivity index (χ4v) is 9.13. The molecule has 49 heavy (non-hydrogen) atoms. The van der Waals surface area contributed by atoms with E-state index < -0.39 is 21.7 Å². The zero-order chi connectivity index (χ0) is 35.4. The molecule has 11 nitrogen and oxygen atoms in total. The number of fused-ring (bicyclic) bond motifs is 1. The highest BCUT2D eigenvalue weighted by molar-refractivity contribution is 6.76. The number of amides is 1. The van der Waals surface area contributed by atoms with Crippen molar-refractivity contribution in [2.75, 3.05) is 51.5 Å². The van der Waals surface area contributed by atoms with E-state index in [2.05, 4.69) is 60.4 Å². The highest BCUT2D eigenvalue weighted by Crippen LogP contribution is 2.59. The van der Waals surface area contributed by atoms with Crippen molar-refractivity contribution >= 4 is 38.9 Å². The van der Waals surface area contributed by atoms with E-state index in [1.807, 2.05) is 27.0 Å². The number of nitrogens with zero attached hydrogens (tertiary/aromatic N) is 7. The first-order chi connectivity index (χ1) is 23.0. The lowest BCUT2D eigenvalue weighted by atomic mass is 9.54. The summed E-state index contributed by atoms with van der Waals surface area (Å²) in [7, 11) is -0.633. The predicted molar refractivity (Wildman–Crippen MR) is 201 cm³/mol. The van der Waals surface area contributed by atoms with Crippen LogP contribution in [0.5, 0.6) is 0 Å². The average molecular weight is 710 g/mol. The fourth-order valence-electron chi connectivity index (χ4n) is 7.62. The van der Waals surface area contributed by atoms with Crippen LogP contribution >= 0.6 is 0 Å². The summed E-state index contributed by atoms with van der Waals surface area (Å²) in [6.45, 7) is 25.6. The summed E-state index contributed by atoms with van der Waals surface area (Å²) in [5, 5.41) is 5.26. The van der Waals surface area contributed by atoms with Gasteiger partial charge in [0.2, 0.25) is 5.91 Å². The summed E-state index contributed by atoms with van der Waals surface area (Å²) >= 11 is 0. The van der Waals surface area contributed by atoms with E-state index in [1.165, 1.54) is 24.1 Å². The van der Waals surface area contributed by atoms with Gasteiger partial charge in [-0.3, -0.25) is 14.3 Å². The van der Waals surface area contributed by atoms with Crippen LogP contribution in [0.25, 0.3) is 22.7 Å². The standard InChI is InChI=1S/C36H59N7O4Si2/c1-35(2,41-11-13-45-14-12-41)34(44)40(4)27-19-28-32(37-23-27)42(24-46-15-17-48(5,6)7)33(38-28)31-30-26-20-36(3,21-26)22-29(30)43(39-31)25-47-16-18-49(8,9)10/h19,23,26H,11-18,20-22,24-25H2,1-10H3. The minimum absolute atomic E-state index is 0.0138. The minimum Gasteiger partial charge on any atom is -0.379 e. The fraction of sp³-hybridized carbons (Fsp3) is 0.722. The molecule has 4 heterocycles. The lowest BCUT2D eigenvalue weighted by molar-refractivity contribution is -0.131. The molecule has 13 heteroatoms. The zero-order valence-corrected chi connectivity index (χ0v) is 33.7. The number of pyridine rings is 1. The highest BCUT2D eigenvalue weighted by atomic mass is 28.3. The van der Waals surface area contributed by atoms with Crippen molar-refractivity contribution in [3.63, 3.8) is 0 Å². The average Bonchev–Trinajstić information content (AvgIpc) is 3.57. The zero-order valence-electron chi connectivity index (χ0n) is 31.7. The Bertz CT molecular complexity index is 1660. The van der Waals surface area contributed by atoms with E-state index in [0.717, 1.165) is 60.9 Å². The number of imidazole rings is 1. The molecule has 0 spiro atoms. The Morgan fingerprint density at radius 1 is 1.04 bits per heavy atom. The molecule has 3 aromatic heterocycles. The molecule has 0 aromatic carbocycles. The number of ether oxygens (including phenoxy) is 3. The summed E-state index contributed by atoms with van der Waals surface area (Å²) in [6.07, 6.45) is 5.15. The van der Waals surface area contributed by atoms with E-state index in [4.69, 9.17) is 29.3 Å². The molecule has 1 saturated heterocycles. The molecule has 2 fully saturated rings. The van der Waals surface area contributed by atoms with Gasteiger partial charge in [0.15, 0.2) is 11.5 Å². The monoisotopic (exact) mass is 709 g/mol. The number of rotatable bonds is 14. The van der Waals surface area contributed by atoms with Crippen molar-refractivity contribution in [2.45, 2.75) is 116 Å². The van der Waals surface area contributed by atoms with Gasteiger partial charge in [-0.25, -0.2) is 14.6 Å². The third-order valence-electron chi connectivity index (χ3n) is 10.8. The van der Waals surface area contributed by atoms with Crippen LogP contribution in [0, 0.1) is 5.41 Å².